The predicted octanol–water partition coefficient (Wildman–Crippen LogP) is 0.536. The summed E-state index contributed by atoms with van der Waals surface area (Å²) in [6, 6.07) is 1.22. The van der Waals surface area contributed by atoms with Crippen molar-refractivity contribution in [2.75, 3.05) is 26.2 Å². The standard InChI is InChI=1S/C11H22N2O/c1-9(10(2)14)12-5-7-13(8-6-12)11-3-4-11/h9-11,14H,3-8H2,1-2H3. The summed E-state index contributed by atoms with van der Waals surface area (Å²) in [6.07, 6.45) is 2.61. The molecule has 0 aromatic rings. The Kier molecular flexibility index (Phi) is 3.10. The van der Waals surface area contributed by atoms with Crippen LogP contribution in [0.4, 0.5) is 0 Å². The largest absolute Gasteiger partial charge is 0.392 e. The summed E-state index contributed by atoms with van der Waals surface area (Å²) >= 11 is 0. The highest BCUT2D eigenvalue weighted by Crippen LogP contribution is 2.27. The maximum atomic E-state index is 9.51. The molecule has 0 aromatic heterocycles. The number of piperazine rings is 1. The molecule has 1 aliphatic heterocycles. The van der Waals surface area contributed by atoms with Crippen LogP contribution in [-0.2, 0) is 0 Å². The molecule has 2 aliphatic rings. The van der Waals surface area contributed by atoms with Gasteiger partial charge in [0, 0.05) is 38.3 Å². The number of aliphatic hydroxyl groups excluding tert-OH is 1. The van der Waals surface area contributed by atoms with Gasteiger partial charge in [0.25, 0.3) is 0 Å². The summed E-state index contributed by atoms with van der Waals surface area (Å²) in [5, 5.41) is 9.51. The molecule has 14 heavy (non-hydrogen) atoms. The van der Waals surface area contributed by atoms with Crippen molar-refractivity contribution in [1.82, 2.24) is 9.80 Å². The number of aliphatic hydroxyl groups is 1. The van der Waals surface area contributed by atoms with Gasteiger partial charge in [0.05, 0.1) is 6.10 Å². The van der Waals surface area contributed by atoms with Gasteiger partial charge in [-0.25, -0.2) is 0 Å². The summed E-state index contributed by atoms with van der Waals surface area (Å²) in [7, 11) is 0. The van der Waals surface area contributed by atoms with Crippen molar-refractivity contribution in [2.24, 2.45) is 0 Å². The quantitative estimate of drug-likeness (QED) is 0.717. The van der Waals surface area contributed by atoms with Gasteiger partial charge in [0.1, 0.15) is 0 Å². The molecule has 2 fully saturated rings. The van der Waals surface area contributed by atoms with Crippen molar-refractivity contribution in [3.05, 3.63) is 0 Å². The fourth-order valence-electron chi connectivity index (χ4n) is 2.25. The van der Waals surface area contributed by atoms with E-state index < -0.39 is 0 Å². The molecule has 1 aliphatic carbocycles. The van der Waals surface area contributed by atoms with Crippen molar-refractivity contribution in [3.63, 3.8) is 0 Å². The summed E-state index contributed by atoms with van der Waals surface area (Å²) in [5.74, 6) is 0. The van der Waals surface area contributed by atoms with Gasteiger partial charge in [-0.05, 0) is 26.7 Å². The summed E-state index contributed by atoms with van der Waals surface area (Å²) in [4.78, 5) is 5.01. The summed E-state index contributed by atoms with van der Waals surface area (Å²) < 4.78 is 0. The minimum absolute atomic E-state index is 0.206. The van der Waals surface area contributed by atoms with E-state index in [1.807, 2.05) is 6.92 Å². The molecule has 0 amide bonds. The van der Waals surface area contributed by atoms with Gasteiger partial charge in [-0.1, -0.05) is 0 Å². The van der Waals surface area contributed by atoms with E-state index in [1.165, 1.54) is 25.9 Å². The van der Waals surface area contributed by atoms with Crippen LogP contribution in [0.25, 0.3) is 0 Å². The molecular weight excluding hydrogens is 176 g/mol. The number of hydrogen-bond acceptors (Lipinski definition) is 3. The lowest BCUT2D eigenvalue weighted by Gasteiger charge is -2.39. The van der Waals surface area contributed by atoms with E-state index in [4.69, 9.17) is 0 Å². The molecule has 82 valence electrons. The Morgan fingerprint density at radius 2 is 1.64 bits per heavy atom. The fourth-order valence-corrected chi connectivity index (χ4v) is 2.25. The average Bonchev–Trinajstić information content (AvgIpc) is 3.00. The first-order valence-corrected chi connectivity index (χ1v) is 5.84. The molecule has 2 unspecified atom stereocenters. The molecule has 1 saturated carbocycles. The molecule has 0 radical (unpaired) electrons. The first-order chi connectivity index (χ1) is 6.68. The molecule has 3 nitrogen and oxygen atoms in total. The Labute approximate surface area is 86.7 Å². The molecule has 1 heterocycles. The Morgan fingerprint density at radius 1 is 1.07 bits per heavy atom. The van der Waals surface area contributed by atoms with Crippen molar-refractivity contribution in [1.29, 1.82) is 0 Å². The smallest absolute Gasteiger partial charge is 0.0664 e. The van der Waals surface area contributed by atoms with Gasteiger partial charge < -0.3 is 5.11 Å². The molecule has 1 saturated heterocycles. The van der Waals surface area contributed by atoms with Crippen LogP contribution < -0.4 is 0 Å². The number of rotatable bonds is 3. The Bertz CT molecular complexity index is 184. The lowest BCUT2D eigenvalue weighted by atomic mass is 10.1. The molecule has 0 bridgehead atoms. The van der Waals surface area contributed by atoms with Gasteiger partial charge in [-0.2, -0.15) is 0 Å². The minimum atomic E-state index is -0.206. The molecule has 2 atom stereocenters. The molecule has 2 rings (SSSR count). The first kappa shape index (κ1) is 10.4. The molecular formula is C11H22N2O. The monoisotopic (exact) mass is 198 g/mol. The molecule has 3 heteroatoms. The van der Waals surface area contributed by atoms with Crippen LogP contribution in [-0.4, -0.2) is 59.3 Å². The van der Waals surface area contributed by atoms with Crippen LogP contribution in [0.2, 0.25) is 0 Å². The summed E-state index contributed by atoms with van der Waals surface area (Å²) in [5.41, 5.74) is 0. The average molecular weight is 198 g/mol. The van der Waals surface area contributed by atoms with Crippen LogP contribution in [0.5, 0.6) is 0 Å². The maximum Gasteiger partial charge on any atom is 0.0664 e. The second-order valence-electron chi connectivity index (χ2n) is 4.78. The predicted molar refractivity (Wildman–Crippen MR) is 57.3 cm³/mol. The highest BCUT2D eigenvalue weighted by atomic mass is 16.3. The highest BCUT2D eigenvalue weighted by molar-refractivity contribution is 4.88. The zero-order valence-electron chi connectivity index (χ0n) is 9.32. The van der Waals surface area contributed by atoms with E-state index in [-0.39, 0.29) is 6.10 Å². The van der Waals surface area contributed by atoms with Crippen LogP contribution in [0.1, 0.15) is 26.7 Å². The molecule has 1 N–H and O–H groups in total. The Morgan fingerprint density at radius 3 is 2.07 bits per heavy atom. The molecule has 0 aromatic carbocycles. The third-order valence-electron chi connectivity index (χ3n) is 3.69. The van der Waals surface area contributed by atoms with E-state index in [1.54, 1.807) is 0 Å². The third kappa shape index (κ3) is 2.27. The Hall–Kier alpha value is -0.120. The van der Waals surface area contributed by atoms with Crippen LogP contribution in [0.3, 0.4) is 0 Å². The van der Waals surface area contributed by atoms with E-state index in [2.05, 4.69) is 16.7 Å². The van der Waals surface area contributed by atoms with Crippen LogP contribution in [0.15, 0.2) is 0 Å². The number of nitrogens with zero attached hydrogens (tertiary/aromatic N) is 2. The minimum Gasteiger partial charge on any atom is -0.392 e. The lowest BCUT2D eigenvalue weighted by molar-refractivity contribution is 0.0335. The van der Waals surface area contributed by atoms with Crippen molar-refractivity contribution in [3.8, 4) is 0 Å². The van der Waals surface area contributed by atoms with Crippen LogP contribution in [0, 0.1) is 0 Å². The second kappa shape index (κ2) is 4.17. The lowest BCUT2D eigenvalue weighted by Crippen LogP contribution is -2.52. The van der Waals surface area contributed by atoms with Crippen molar-refractivity contribution < 1.29 is 5.11 Å². The normalized spacial score (nSPS) is 30.2. The van der Waals surface area contributed by atoms with Gasteiger partial charge in [0.2, 0.25) is 0 Å². The van der Waals surface area contributed by atoms with E-state index in [9.17, 15) is 5.11 Å². The van der Waals surface area contributed by atoms with E-state index >= 15 is 0 Å². The highest BCUT2D eigenvalue weighted by Gasteiger charge is 2.32. The van der Waals surface area contributed by atoms with Crippen molar-refractivity contribution in [2.45, 2.75) is 44.9 Å². The van der Waals surface area contributed by atoms with Gasteiger partial charge in [-0.3, -0.25) is 9.80 Å². The van der Waals surface area contributed by atoms with E-state index in [0.717, 1.165) is 19.1 Å². The zero-order chi connectivity index (χ0) is 10.1. The molecule has 0 spiro atoms. The van der Waals surface area contributed by atoms with E-state index in [0.29, 0.717) is 6.04 Å². The van der Waals surface area contributed by atoms with Crippen LogP contribution >= 0.6 is 0 Å². The summed E-state index contributed by atoms with van der Waals surface area (Å²) in [6.45, 7) is 8.66. The number of hydrogen-bond donors (Lipinski definition) is 1. The maximum absolute atomic E-state index is 9.51. The topological polar surface area (TPSA) is 26.7 Å². The fraction of sp³-hybridized carbons (Fsp3) is 1.00. The van der Waals surface area contributed by atoms with Gasteiger partial charge >= 0.3 is 0 Å². The van der Waals surface area contributed by atoms with Gasteiger partial charge in [0.15, 0.2) is 0 Å². The third-order valence-corrected chi connectivity index (χ3v) is 3.69. The SMILES string of the molecule is CC(O)C(C)N1CCN(C2CC2)CC1. The zero-order valence-corrected chi connectivity index (χ0v) is 9.32. The Balaban J connectivity index is 1.77. The second-order valence-corrected chi connectivity index (χ2v) is 4.78. The van der Waals surface area contributed by atoms with Crippen molar-refractivity contribution >= 4 is 0 Å². The first-order valence-electron chi connectivity index (χ1n) is 5.84. The van der Waals surface area contributed by atoms with Gasteiger partial charge in [-0.15, -0.1) is 0 Å².